The topological polar surface area (TPSA) is 56.2 Å². The Morgan fingerprint density at radius 2 is 1.55 bits per heavy atom. The number of carbonyl (C=O) groups excluding carboxylic acids is 1. The summed E-state index contributed by atoms with van der Waals surface area (Å²) in [5, 5.41) is 3.76. The van der Waals surface area contributed by atoms with Crippen LogP contribution in [0, 0.1) is 0 Å². The summed E-state index contributed by atoms with van der Waals surface area (Å²) >= 11 is 5.95. The van der Waals surface area contributed by atoms with Crippen LogP contribution in [0.3, 0.4) is 0 Å². The summed E-state index contributed by atoms with van der Waals surface area (Å²) in [5.74, 6) is 1.78. The summed E-state index contributed by atoms with van der Waals surface area (Å²) in [7, 11) is 0. The highest BCUT2D eigenvalue weighted by molar-refractivity contribution is 6.30. The molecule has 0 saturated carbocycles. The lowest BCUT2D eigenvalue weighted by Crippen LogP contribution is -2.28. The van der Waals surface area contributed by atoms with Gasteiger partial charge in [0, 0.05) is 24.5 Å². The van der Waals surface area contributed by atoms with E-state index in [1.54, 1.807) is 0 Å². The molecule has 0 atom stereocenters. The molecule has 1 N–H and O–H groups in total. The number of rotatable bonds is 11. The first kappa shape index (κ1) is 25.6. The molecule has 0 radical (unpaired) electrons. The van der Waals surface area contributed by atoms with Crippen LogP contribution in [0.15, 0.2) is 103 Å². The summed E-state index contributed by atoms with van der Waals surface area (Å²) in [6, 6.07) is 33.9. The average Bonchev–Trinajstić information content (AvgIpc) is 3.30. The molecular weight excluding hydrogens is 494 g/mol. The Balaban J connectivity index is 1.14. The predicted molar refractivity (Wildman–Crippen MR) is 154 cm³/mol. The Labute approximate surface area is 228 Å². The van der Waals surface area contributed by atoms with E-state index in [-0.39, 0.29) is 5.91 Å². The second-order valence-corrected chi connectivity index (χ2v) is 9.60. The lowest BCUT2D eigenvalue weighted by molar-refractivity contribution is -0.120. The second-order valence-electron chi connectivity index (χ2n) is 9.16. The first-order chi connectivity index (χ1) is 18.7. The van der Waals surface area contributed by atoms with Crippen molar-refractivity contribution in [1.82, 2.24) is 14.9 Å². The van der Waals surface area contributed by atoms with E-state index >= 15 is 0 Å². The number of aryl methyl sites for hydroxylation is 1. The highest BCUT2D eigenvalue weighted by atomic mass is 35.5. The molecule has 0 fully saturated rings. The van der Waals surface area contributed by atoms with Crippen LogP contribution in [-0.4, -0.2) is 28.6 Å². The number of hydrogen-bond acceptors (Lipinski definition) is 3. The molecule has 0 aliphatic heterocycles. The van der Waals surface area contributed by atoms with Crippen molar-refractivity contribution in [3.63, 3.8) is 0 Å². The Morgan fingerprint density at radius 1 is 0.842 bits per heavy atom. The highest BCUT2D eigenvalue weighted by Gasteiger charge is 2.11. The van der Waals surface area contributed by atoms with Gasteiger partial charge >= 0.3 is 0 Å². The zero-order valence-electron chi connectivity index (χ0n) is 21.1. The van der Waals surface area contributed by atoms with Crippen molar-refractivity contribution >= 4 is 28.5 Å². The molecule has 192 valence electrons. The van der Waals surface area contributed by atoms with Crippen LogP contribution in [-0.2, 0) is 24.2 Å². The van der Waals surface area contributed by atoms with Gasteiger partial charge in [-0.05, 0) is 59.5 Å². The van der Waals surface area contributed by atoms with Gasteiger partial charge in [0.15, 0.2) is 0 Å². The van der Waals surface area contributed by atoms with E-state index in [1.165, 1.54) is 5.56 Å². The third-order valence-electron chi connectivity index (χ3n) is 6.44. The number of nitrogens with one attached hydrogen (secondary N) is 1. The lowest BCUT2D eigenvalue weighted by Gasteiger charge is -2.11. The molecule has 5 aromatic rings. The van der Waals surface area contributed by atoms with Gasteiger partial charge in [0.25, 0.3) is 0 Å². The van der Waals surface area contributed by atoms with E-state index in [1.807, 2.05) is 72.8 Å². The number of carbonyl (C=O) groups is 1. The van der Waals surface area contributed by atoms with E-state index in [0.29, 0.717) is 31.0 Å². The fourth-order valence-corrected chi connectivity index (χ4v) is 4.64. The molecule has 1 aromatic heterocycles. The number of hydrogen-bond donors (Lipinski definition) is 1. The number of ether oxygens (including phenoxy) is 1. The first-order valence-corrected chi connectivity index (χ1v) is 13.3. The van der Waals surface area contributed by atoms with Gasteiger partial charge < -0.3 is 14.6 Å². The van der Waals surface area contributed by atoms with Crippen LogP contribution < -0.4 is 10.1 Å². The Morgan fingerprint density at radius 3 is 2.34 bits per heavy atom. The number of imidazole rings is 1. The SMILES string of the molecule is O=C(Cc1ccc(-c2ccccc2)cc1)NCCc1nc2ccccc2n1CCCOc1ccc(Cl)cc1. The molecular formula is C32H30ClN3O2. The Bertz CT molecular complexity index is 1480. The molecule has 1 amide bonds. The van der Waals surface area contributed by atoms with Crippen LogP contribution in [0.1, 0.15) is 17.8 Å². The van der Waals surface area contributed by atoms with E-state index in [9.17, 15) is 4.79 Å². The first-order valence-electron chi connectivity index (χ1n) is 12.9. The van der Waals surface area contributed by atoms with Crippen molar-refractivity contribution in [3.8, 4) is 16.9 Å². The maximum Gasteiger partial charge on any atom is 0.224 e. The monoisotopic (exact) mass is 523 g/mol. The molecule has 0 aliphatic carbocycles. The Hall–Kier alpha value is -4.09. The molecule has 38 heavy (non-hydrogen) atoms. The molecule has 5 nitrogen and oxygen atoms in total. The second kappa shape index (κ2) is 12.4. The minimum atomic E-state index is 0.0106. The van der Waals surface area contributed by atoms with Crippen molar-refractivity contribution in [2.45, 2.75) is 25.8 Å². The molecule has 0 unspecified atom stereocenters. The molecule has 1 heterocycles. The van der Waals surface area contributed by atoms with E-state index in [0.717, 1.165) is 46.7 Å². The summed E-state index contributed by atoms with van der Waals surface area (Å²) in [6.45, 7) is 1.91. The van der Waals surface area contributed by atoms with Gasteiger partial charge in [0.1, 0.15) is 11.6 Å². The molecule has 0 saturated heterocycles. The molecule has 5 rings (SSSR count). The van der Waals surface area contributed by atoms with Crippen molar-refractivity contribution in [1.29, 1.82) is 0 Å². The molecule has 0 spiro atoms. The summed E-state index contributed by atoms with van der Waals surface area (Å²) in [6.07, 6.45) is 1.85. The van der Waals surface area contributed by atoms with E-state index in [4.69, 9.17) is 21.3 Å². The largest absolute Gasteiger partial charge is 0.494 e. The molecule has 0 bridgehead atoms. The Kier molecular flexibility index (Phi) is 8.36. The van der Waals surface area contributed by atoms with Gasteiger partial charge in [-0.25, -0.2) is 4.98 Å². The minimum Gasteiger partial charge on any atom is -0.494 e. The number of para-hydroxylation sites is 2. The summed E-state index contributed by atoms with van der Waals surface area (Å²) in [4.78, 5) is 17.5. The smallest absolute Gasteiger partial charge is 0.224 e. The molecule has 4 aromatic carbocycles. The maximum atomic E-state index is 12.6. The van der Waals surface area contributed by atoms with Gasteiger partial charge in [-0.3, -0.25) is 4.79 Å². The normalized spacial score (nSPS) is 11.0. The number of nitrogens with zero attached hydrogens (tertiary/aromatic N) is 2. The van der Waals surface area contributed by atoms with Gasteiger partial charge in [0.05, 0.1) is 24.1 Å². The van der Waals surface area contributed by atoms with Gasteiger partial charge in [-0.2, -0.15) is 0 Å². The van der Waals surface area contributed by atoms with E-state index in [2.05, 4.69) is 40.2 Å². The van der Waals surface area contributed by atoms with E-state index < -0.39 is 0 Å². The van der Waals surface area contributed by atoms with Crippen LogP contribution in [0.25, 0.3) is 22.2 Å². The van der Waals surface area contributed by atoms with Gasteiger partial charge in [-0.1, -0.05) is 78.3 Å². The number of fused-ring (bicyclic) bond motifs is 1. The summed E-state index contributed by atoms with van der Waals surface area (Å²) < 4.78 is 8.09. The van der Waals surface area contributed by atoms with Crippen LogP contribution in [0.5, 0.6) is 5.75 Å². The van der Waals surface area contributed by atoms with Crippen LogP contribution in [0.2, 0.25) is 5.02 Å². The number of halogens is 1. The zero-order chi connectivity index (χ0) is 26.2. The minimum absolute atomic E-state index is 0.0106. The third kappa shape index (κ3) is 6.61. The number of benzene rings is 4. The van der Waals surface area contributed by atoms with Crippen LogP contribution >= 0.6 is 11.6 Å². The van der Waals surface area contributed by atoms with Crippen molar-refractivity contribution in [3.05, 3.63) is 120 Å². The number of aromatic nitrogens is 2. The van der Waals surface area contributed by atoms with Crippen molar-refractivity contribution in [2.24, 2.45) is 0 Å². The summed E-state index contributed by atoms with van der Waals surface area (Å²) in [5.41, 5.74) is 5.37. The van der Waals surface area contributed by atoms with Gasteiger partial charge in [-0.15, -0.1) is 0 Å². The lowest BCUT2D eigenvalue weighted by atomic mass is 10.0. The highest BCUT2D eigenvalue weighted by Crippen LogP contribution is 2.20. The fraction of sp³-hybridized carbons (Fsp3) is 0.188. The number of amides is 1. The predicted octanol–water partition coefficient (Wildman–Crippen LogP) is 6.73. The zero-order valence-corrected chi connectivity index (χ0v) is 21.9. The van der Waals surface area contributed by atoms with Crippen molar-refractivity contribution < 1.29 is 9.53 Å². The van der Waals surface area contributed by atoms with Gasteiger partial charge in [0.2, 0.25) is 5.91 Å². The molecule has 0 aliphatic rings. The fourth-order valence-electron chi connectivity index (χ4n) is 4.52. The molecule has 6 heteroatoms. The van der Waals surface area contributed by atoms with Crippen molar-refractivity contribution in [2.75, 3.05) is 13.2 Å². The van der Waals surface area contributed by atoms with Crippen LogP contribution in [0.4, 0.5) is 0 Å². The standard InChI is InChI=1S/C32H30ClN3O2/c33-27-15-17-28(18-16-27)38-22-6-21-36-30-10-5-4-9-29(30)35-31(36)19-20-34-32(37)23-24-11-13-26(14-12-24)25-7-2-1-3-8-25/h1-5,7-18H,6,19-23H2,(H,34,37). The third-order valence-corrected chi connectivity index (χ3v) is 6.69. The maximum absolute atomic E-state index is 12.6. The quantitative estimate of drug-likeness (QED) is 0.195. The average molecular weight is 524 g/mol.